The summed E-state index contributed by atoms with van der Waals surface area (Å²) in [5.74, 6) is -0.316. The second-order valence-electron chi connectivity index (χ2n) is 3.87. The summed E-state index contributed by atoms with van der Waals surface area (Å²) in [6.07, 6.45) is 0. The van der Waals surface area contributed by atoms with Gasteiger partial charge in [0.15, 0.2) is 0 Å². The number of hydrogen-bond acceptors (Lipinski definition) is 1. The van der Waals surface area contributed by atoms with E-state index in [1.54, 1.807) is 6.07 Å². The van der Waals surface area contributed by atoms with Crippen LogP contribution in [0, 0.1) is 5.82 Å². The average Bonchev–Trinajstić information content (AvgIpc) is 2.68. The van der Waals surface area contributed by atoms with Gasteiger partial charge in [0.2, 0.25) is 0 Å². The van der Waals surface area contributed by atoms with Crippen LogP contribution in [0.4, 0.5) is 10.1 Å². The number of hydrogen-bond donors (Lipinski definition) is 0. The minimum absolute atomic E-state index is 0.316. The van der Waals surface area contributed by atoms with Gasteiger partial charge >= 0.3 is 103 Å². The average molecular weight is 294 g/mol. The molecule has 1 atom stereocenters. The topological polar surface area (TPSA) is 20.3 Å². The molecule has 0 bridgehead atoms. The Hall–Kier alpha value is -1.51. The number of anilines is 1. The Balaban J connectivity index is 2.02. The maximum atomic E-state index is 13.1. The summed E-state index contributed by atoms with van der Waals surface area (Å²) in [5, 5.41) is 0. The Morgan fingerprint density at radius 1 is 1.12 bits per heavy atom. The van der Waals surface area contributed by atoms with E-state index in [0.29, 0.717) is 11.0 Å². The van der Waals surface area contributed by atoms with E-state index in [2.05, 4.69) is 0 Å². The van der Waals surface area contributed by atoms with Crippen molar-refractivity contribution in [2.75, 3.05) is 3.92 Å². The molecule has 0 spiro atoms. The molecule has 1 heterocycles. The predicted octanol–water partition coefficient (Wildman–Crippen LogP) is 1.97. The summed E-state index contributed by atoms with van der Waals surface area (Å²) < 4.78 is 28.0. The van der Waals surface area contributed by atoms with Crippen molar-refractivity contribution in [1.82, 2.24) is 0 Å². The summed E-state index contributed by atoms with van der Waals surface area (Å²) >= 11 is -2.33. The molecule has 0 saturated carbocycles. The molecule has 4 heteroatoms. The normalized spacial score (nSPS) is 18.2. The first-order chi connectivity index (χ1) is 8.25. The summed E-state index contributed by atoms with van der Waals surface area (Å²) in [7, 11) is 0. The van der Waals surface area contributed by atoms with Gasteiger partial charge in [-0.1, -0.05) is 0 Å². The molecular weight excluding hydrogens is 284 g/mol. The van der Waals surface area contributed by atoms with E-state index in [-0.39, 0.29) is 5.82 Å². The van der Waals surface area contributed by atoms with Crippen LogP contribution in [0.3, 0.4) is 0 Å². The number of halogens is 1. The summed E-state index contributed by atoms with van der Waals surface area (Å²) in [5.41, 5.74) is 1.90. The molecule has 2 aromatic rings. The molecule has 2 aromatic carbocycles. The second kappa shape index (κ2) is 4.06. The first-order valence-corrected chi connectivity index (χ1v) is 7.61. The van der Waals surface area contributed by atoms with Gasteiger partial charge in [-0.05, 0) is 0 Å². The van der Waals surface area contributed by atoms with Crippen LogP contribution in [0.5, 0.6) is 0 Å². The molecule has 0 saturated heterocycles. The van der Waals surface area contributed by atoms with Crippen LogP contribution in [0.1, 0.15) is 5.56 Å². The molecule has 1 aliphatic heterocycles. The van der Waals surface area contributed by atoms with E-state index < -0.39 is 14.1 Å². The van der Waals surface area contributed by atoms with Gasteiger partial charge in [0, 0.05) is 0 Å². The van der Waals surface area contributed by atoms with Gasteiger partial charge in [-0.25, -0.2) is 0 Å². The first-order valence-electron chi connectivity index (χ1n) is 5.28. The number of para-hydroxylation sites is 1. The van der Waals surface area contributed by atoms with Gasteiger partial charge in [0.1, 0.15) is 0 Å². The van der Waals surface area contributed by atoms with Crippen molar-refractivity contribution in [1.29, 1.82) is 0 Å². The fourth-order valence-corrected chi connectivity index (χ4v) is 4.82. The van der Waals surface area contributed by atoms with E-state index >= 15 is 0 Å². The number of rotatable bonds is 1. The number of fused-ring (bicyclic) bond motifs is 1. The minimum atomic E-state index is -2.33. The summed E-state index contributed by atoms with van der Waals surface area (Å²) in [6.45, 7) is 0.605. The van der Waals surface area contributed by atoms with E-state index in [4.69, 9.17) is 0 Å². The van der Waals surface area contributed by atoms with Gasteiger partial charge in [-0.15, -0.1) is 0 Å². The molecule has 3 rings (SSSR count). The van der Waals surface area contributed by atoms with Crippen LogP contribution in [-0.2, 0) is 10.4 Å². The zero-order valence-electron chi connectivity index (χ0n) is 8.97. The molecule has 17 heavy (non-hydrogen) atoms. The second-order valence-corrected chi connectivity index (χ2v) is 6.77. The third-order valence-corrected chi connectivity index (χ3v) is 5.92. The Kier molecular flexibility index (Phi) is 2.54. The molecule has 0 fully saturated rings. The third kappa shape index (κ3) is 1.79. The van der Waals surface area contributed by atoms with Crippen LogP contribution in [0.2, 0.25) is 0 Å². The monoisotopic (exact) mass is 295 g/mol. The van der Waals surface area contributed by atoms with Crippen molar-refractivity contribution in [3.8, 4) is 0 Å². The standard InChI is InChI=1S/C13H10FNOSe/c14-11-7-6-10-9-15(17(16)13(10)8-11)12-4-2-1-3-5-12/h1-8H,9H2. The Morgan fingerprint density at radius 3 is 2.65 bits per heavy atom. The molecule has 0 amide bonds. The van der Waals surface area contributed by atoms with Gasteiger partial charge in [-0.3, -0.25) is 0 Å². The number of benzene rings is 2. The SMILES string of the molecule is O=[Se]1c2cc(F)ccc2CN1c1ccccc1. The van der Waals surface area contributed by atoms with Crippen molar-refractivity contribution >= 4 is 24.2 Å². The van der Waals surface area contributed by atoms with Crippen molar-refractivity contribution in [2.45, 2.75) is 6.54 Å². The van der Waals surface area contributed by atoms with Crippen molar-refractivity contribution in [2.24, 2.45) is 0 Å². The van der Waals surface area contributed by atoms with Crippen LogP contribution in [0.15, 0.2) is 48.5 Å². The van der Waals surface area contributed by atoms with Gasteiger partial charge < -0.3 is 0 Å². The zero-order valence-corrected chi connectivity index (χ0v) is 10.7. The van der Waals surface area contributed by atoms with Crippen molar-refractivity contribution < 1.29 is 8.23 Å². The predicted molar refractivity (Wildman–Crippen MR) is 65.1 cm³/mol. The molecule has 2 nitrogen and oxygen atoms in total. The fraction of sp³-hybridized carbons (Fsp3) is 0.0769. The fourth-order valence-electron chi connectivity index (χ4n) is 1.93. The molecule has 0 radical (unpaired) electrons. The molecule has 0 aromatic heterocycles. The molecule has 1 unspecified atom stereocenters. The maximum absolute atomic E-state index is 13.1. The van der Waals surface area contributed by atoms with E-state index in [0.717, 1.165) is 11.3 Å². The van der Waals surface area contributed by atoms with E-state index in [1.807, 2.05) is 34.2 Å². The molecule has 0 N–H and O–H groups in total. The summed E-state index contributed by atoms with van der Waals surface area (Å²) in [4.78, 5) is 0. The Morgan fingerprint density at radius 2 is 1.88 bits per heavy atom. The molecular formula is C13H10FNOSe. The first kappa shape index (κ1) is 10.6. The van der Waals surface area contributed by atoms with Crippen molar-refractivity contribution in [3.05, 3.63) is 59.9 Å². The third-order valence-electron chi connectivity index (χ3n) is 2.78. The van der Waals surface area contributed by atoms with Gasteiger partial charge in [0.25, 0.3) is 0 Å². The number of nitrogens with zero attached hydrogens (tertiary/aromatic N) is 1. The Bertz CT molecular complexity index is 585. The van der Waals surface area contributed by atoms with Gasteiger partial charge in [-0.2, -0.15) is 0 Å². The Labute approximate surface area is 103 Å². The van der Waals surface area contributed by atoms with E-state index in [1.165, 1.54) is 12.1 Å². The van der Waals surface area contributed by atoms with Crippen LogP contribution < -0.4 is 8.38 Å². The van der Waals surface area contributed by atoms with Crippen LogP contribution in [-0.4, -0.2) is 14.1 Å². The van der Waals surface area contributed by atoms with Crippen LogP contribution in [0.25, 0.3) is 0 Å². The molecule has 1 aliphatic rings. The summed E-state index contributed by atoms with van der Waals surface area (Å²) in [6, 6.07) is 14.2. The van der Waals surface area contributed by atoms with Gasteiger partial charge in [0.05, 0.1) is 0 Å². The zero-order chi connectivity index (χ0) is 11.8. The quantitative estimate of drug-likeness (QED) is 0.750. The van der Waals surface area contributed by atoms with Crippen LogP contribution >= 0.6 is 0 Å². The molecule has 0 aliphatic carbocycles. The van der Waals surface area contributed by atoms with E-state index in [9.17, 15) is 8.23 Å². The molecule has 86 valence electrons. The van der Waals surface area contributed by atoms with Crippen molar-refractivity contribution in [3.63, 3.8) is 0 Å².